The predicted molar refractivity (Wildman–Crippen MR) is 56.3 cm³/mol. The average Bonchev–Trinajstić information content (AvgIpc) is 2.56. The normalized spacial score (nSPS) is 26.5. The fourth-order valence-electron chi connectivity index (χ4n) is 2.40. The molecule has 1 N–H and O–H groups in total. The van der Waals surface area contributed by atoms with E-state index in [9.17, 15) is 0 Å². The van der Waals surface area contributed by atoms with E-state index >= 15 is 0 Å². The maximum atomic E-state index is 5.23. The van der Waals surface area contributed by atoms with E-state index in [0.717, 1.165) is 4.77 Å². The Morgan fingerprint density at radius 1 is 1.62 bits per heavy atom. The summed E-state index contributed by atoms with van der Waals surface area (Å²) in [6.45, 7) is 4.67. The third-order valence-electron chi connectivity index (χ3n) is 3.21. The molecular weight excluding hydrogens is 180 g/mol. The minimum Gasteiger partial charge on any atom is -0.337 e. The van der Waals surface area contributed by atoms with Crippen LogP contribution in [0.4, 0.5) is 0 Å². The van der Waals surface area contributed by atoms with E-state index in [1.165, 1.54) is 19.3 Å². The molecule has 1 unspecified atom stereocenters. The number of hydrogen-bond acceptors (Lipinski definition) is 1. The molecule has 0 amide bonds. The minimum absolute atomic E-state index is 0.403. The summed E-state index contributed by atoms with van der Waals surface area (Å²) in [7, 11) is 0. The first-order valence-corrected chi connectivity index (χ1v) is 5.27. The summed E-state index contributed by atoms with van der Waals surface area (Å²) in [4.78, 5) is 3.06. The Balaban J connectivity index is 2.37. The van der Waals surface area contributed by atoms with E-state index in [4.69, 9.17) is 12.2 Å². The minimum atomic E-state index is 0.403. The molecule has 0 bridgehead atoms. The third kappa shape index (κ3) is 1.46. The molecule has 0 spiro atoms. The topological polar surface area (TPSA) is 20.7 Å². The van der Waals surface area contributed by atoms with E-state index in [0.29, 0.717) is 11.5 Å². The van der Waals surface area contributed by atoms with Gasteiger partial charge in [0.1, 0.15) is 0 Å². The summed E-state index contributed by atoms with van der Waals surface area (Å²) < 4.78 is 3.07. The molecule has 1 atom stereocenters. The summed E-state index contributed by atoms with van der Waals surface area (Å²) in [5, 5.41) is 0. The van der Waals surface area contributed by atoms with Crippen molar-refractivity contribution in [3.05, 3.63) is 17.2 Å². The lowest BCUT2D eigenvalue weighted by Gasteiger charge is -2.27. The number of nitrogens with one attached hydrogen (secondary N) is 1. The molecular formula is C10H16N2S. The molecule has 1 aliphatic carbocycles. The number of rotatable bonds is 1. The lowest BCUT2D eigenvalue weighted by atomic mass is 9.87. The molecule has 3 heteroatoms. The number of H-pyrrole nitrogens is 1. The van der Waals surface area contributed by atoms with Crippen LogP contribution < -0.4 is 0 Å². The second kappa shape index (κ2) is 2.98. The van der Waals surface area contributed by atoms with Gasteiger partial charge in [0.05, 0.1) is 0 Å². The summed E-state index contributed by atoms with van der Waals surface area (Å²) >= 11 is 5.23. The van der Waals surface area contributed by atoms with Crippen LogP contribution >= 0.6 is 12.2 Å². The number of nitrogens with zero attached hydrogens (tertiary/aromatic N) is 1. The highest BCUT2D eigenvalue weighted by molar-refractivity contribution is 7.71. The van der Waals surface area contributed by atoms with Crippen LogP contribution in [0.5, 0.6) is 0 Å². The van der Waals surface area contributed by atoms with Crippen LogP contribution in [0.25, 0.3) is 0 Å². The Hall–Kier alpha value is -0.570. The maximum absolute atomic E-state index is 5.23. The molecule has 2 nitrogen and oxygen atoms in total. The third-order valence-corrected chi connectivity index (χ3v) is 3.54. The van der Waals surface area contributed by atoms with E-state index in [2.05, 4.69) is 29.6 Å². The van der Waals surface area contributed by atoms with Gasteiger partial charge in [-0.3, -0.25) is 0 Å². The van der Waals surface area contributed by atoms with Gasteiger partial charge in [-0.25, -0.2) is 0 Å². The highest BCUT2D eigenvalue weighted by atomic mass is 32.1. The summed E-state index contributed by atoms with van der Waals surface area (Å²) in [6.07, 6.45) is 7.89. The van der Waals surface area contributed by atoms with Crippen molar-refractivity contribution in [3.8, 4) is 0 Å². The number of imidazole rings is 1. The van der Waals surface area contributed by atoms with E-state index in [1.807, 2.05) is 6.20 Å². The predicted octanol–water partition coefficient (Wildman–Crippen LogP) is 3.30. The second-order valence-corrected chi connectivity index (χ2v) is 4.96. The molecule has 0 aliphatic heterocycles. The van der Waals surface area contributed by atoms with Gasteiger partial charge in [0.15, 0.2) is 4.77 Å². The molecule has 1 saturated carbocycles. The Kier molecular flexibility index (Phi) is 2.06. The fraction of sp³-hybridized carbons (Fsp3) is 0.700. The van der Waals surface area contributed by atoms with E-state index in [-0.39, 0.29) is 0 Å². The van der Waals surface area contributed by atoms with Crippen LogP contribution in [-0.2, 0) is 0 Å². The molecule has 0 radical (unpaired) electrons. The molecule has 0 aromatic carbocycles. The van der Waals surface area contributed by atoms with Gasteiger partial charge in [-0.2, -0.15) is 0 Å². The van der Waals surface area contributed by atoms with Crippen LogP contribution in [0.15, 0.2) is 12.4 Å². The van der Waals surface area contributed by atoms with Crippen LogP contribution in [0.2, 0.25) is 0 Å². The van der Waals surface area contributed by atoms with Gasteiger partial charge in [0, 0.05) is 18.4 Å². The average molecular weight is 196 g/mol. The largest absolute Gasteiger partial charge is 0.337 e. The summed E-state index contributed by atoms with van der Waals surface area (Å²) in [6, 6.07) is 0.589. The standard InChI is InChI=1S/C10H16N2S/c1-10(2)5-3-4-8(10)12-7-6-11-9(12)13/h6-8H,3-5H2,1-2H3,(H,11,13). The molecule has 1 fully saturated rings. The van der Waals surface area contributed by atoms with E-state index in [1.54, 1.807) is 0 Å². The van der Waals surface area contributed by atoms with Crippen molar-refractivity contribution >= 4 is 12.2 Å². The van der Waals surface area contributed by atoms with Crippen molar-refractivity contribution < 1.29 is 0 Å². The smallest absolute Gasteiger partial charge is 0.177 e. The van der Waals surface area contributed by atoms with Gasteiger partial charge in [-0.15, -0.1) is 0 Å². The molecule has 1 aromatic rings. The molecule has 13 heavy (non-hydrogen) atoms. The van der Waals surface area contributed by atoms with Crippen LogP contribution in [0.3, 0.4) is 0 Å². The zero-order valence-corrected chi connectivity index (χ0v) is 9.03. The van der Waals surface area contributed by atoms with Gasteiger partial charge in [0.2, 0.25) is 0 Å². The molecule has 1 aromatic heterocycles. The van der Waals surface area contributed by atoms with Gasteiger partial charge in [0.25, 0.3) is 0 Å². The van der Waals surface area contributed by atoms with Crippen molar-refractivity contribution in [2.24, 2.45) is 5.41 Å². The zero-order valence-electron chi connectivity index (χ0n) is 8.21. The number of aromatic nitrogens is 2. The monoisotopic (exact) mass is 196 g/mol. The first-order chi connectivity index (χ1) is 6.11. The summed E-state index contributed by atoms with van der Waals surface area (Å²) in [5.74, 6) is 0. The maximum Gasteiger partial charge on any atom is 0.177 e. The van der Waals surface area contributed by atoms with Crippen molar-refractivity contribution in [2.75, 3.05) is 0 Å². The summed E-state index contributed by atoms with van der Waals surface area (Å²) in [5.41, 5.74) is 0.403. The Labute approximate surface area is 84.0 Å². The quantitative estimate of drug-likeness (QED) is 0.683. The van der Waals surface area contributed by atoms with Gasteiger partial charge >= 0.3 is 0 Å². The van der Waals surface area contributed by atoms with Crippen molar-refractivity contribution in [1.82, 2.24) is 9.55 Å². The number of hydrogen-bond donors (Lipinski definition) is 1. The van der Waals surface area contributed by atoms with Crippen molar-refractivity contribution in [1.29, 1.82) is 0 Å². The highest BCUT2D eigenvalue weighted by Crippen LogP contribution is 2.45. The first kappa shape index (κ1) is 9.00. The van der Waals surface area contributed by atoms with Gasteiger partial charge in [-0.05, 0) is 30.5 Å². The molecule has 72 valence electrons. The Morgan fingerprint density at radius 2 is 2.38 bits per heavy atom. The Morgan fingerprint density at radius 3 is 2.85 bits per heavy atom. The van der Waals surface area contributed by atoms with Gasteiger partial charge < -0.3 is 9.55 Å². The van der Waals surface area contributed by atoms with Gasteiger partial charge in [-0.1, -0.05) is 20.3 Å². The highest BCUT2D eigenvalue weighted by Gasteiger charge is 2.35. The zero-order chi connectivity index (χ0) is 9.47. The molecule has 1 heterocycles. The van der Waals surface area contributed by atoms with E-state index < -0.39 is 0 Å². The fourth-order valence-corrected chi connectivity index (χ4v) is 2.66. The molecule has 0 saturated heterocycles. The molecule has 2 rings (SSSR count). The number of aromatic amines is 1. The second-order valence-electron chi connectivity index (χ2n) is 4.57. The lowest BCUT2D eigenvalue weighted by molar-refractivity contribution is 0.259. The SMILES string of the molecule is CC1(C)CCCC1n1cc[nH]c1=S. The Bertz CT molecular complexity index is 348. The lowest BCUT2D eigenvalue weighted by Crippen LogP contribution is -2.21. The van der Waals surface area contributed by atoms with Crippen LogP contribution in [0, 0.1) is 10.2 Å². The first-order valence-electron chi connectivity index (χ1n) is 4.87. The van der Waals surface area contributed by atoms with Crippen molar-refractivity contribution in [3.63, 3.8) is 0 Å². The van der Waals surface area contributed by atoms with Crippen molar-refractivity contribution in [2.45, 2.75) is 39.2 Å². The van der Waals surface area contributed by atoms with Crippen LogP contribution in [0.1, 0.15) is 39.2 Å². The van der Waals surface area contributed by atoms with Crippen LogP contribution in [-0.4, -0.2) is 9.55 Å². The molecule has 1 aliphatic rings.